The van der Waals surface area contributed by atoms with E-state index in [2.05, 4.69) is 97.4 Å². The molecule has 2 aromatic heterocycles. The molecule has 0 N–H and O–H groups in total. The van der Waals surface area contributed by atoms with E-state index in [1.165, 1.54) is 22.3 Å². The van der Waals surface area contributed by atoms with Crippen LogP contribution in [0.4, 0.5) is 0 Å². The molecule has 0 aliphatic heterocycles. The second-order valence-corrected chi connectivity index (χ2v) is 7.77. The highest BCUT2D eigenvalue weighted by Crippen LogP contribution is 2.00. The number of aromatic nitrogens is 2. The van der Waals surface area contributed by atoms with Gasteiger partial charge < -0.3 is 24.8 Å². The van der Waals surface area contributed by atoms with Crippen molar-refractivity contribution in [3.05, 3.63) is 59.2 Å². The molecule has 0 saturated carbocycles. The fourth-order valence-corrected chi connectivity index (χ4v) is 3.48. The zero-order chi connectivity index (χ0) is 20.2. The zero-order valence-corrected chi connectivity index (χ0v) is 20.3. The van der Waals surface area contributed by atoms with Gasteiger partial charge in [-0.1, -0.05) is 11.8 Å². The summed E-state index contributed by atoms with van der Waals surface area (Å²) in [5, 5.41) is 0. The van der Waals surface area contributed by atoms with E-state index in [0.29, 0.717) is 0 Å². The topological polar surface area (TPSA) is 7.76 Å². The Hall–Kier alpha value is -2.00. The molecule has 0 aliphatic carbocycles. The minimum atomic E-state index is 0. The van der Waals surface area contributed by atoms with Crippen molar-refractivity contribution >= 4 is 0 Å². The molecule has 0 atom stereocenters. The first kappa shape index (κ1) is 28.0. The molecule has 0 unspecified atom stereocenters. The number of aryl methyl sites for hydroxylation is 6. The standard InChI is InChI=1S/C26H34N2.2ClH/c1-23-17-24(2)20-27(19-23)15-13-11-9-7-5-6-8-10-12-14-16-28-21-25(3)18-26(4)22-28;;/h17-22H,9-16H2,1-4H3;2*1H/q+2;;/p-2. The maximum Gasteiger partial charge on any atom is 0.171 e. The molecule has 0 aromatic carbocycles. The van der Waals surface area contributed by atoms with Gasteiger partial charge in [0.1, 0.15) is 13.1 Å². The summed E-state index contributed by atoms with van der Waals surface area (Å²) >= 11 is 0. The summed E-state index contributed by atoms with van der Waals surface area (Å²) in [5.41, 5.74) is 5.29. The van der Waals surface area contributed by atoms with E-state index in [4.69, 9.17) is 0 Å². The van der Waals surface area contributed by atoms with Crippen molar-refractivity contribution in [1.29, 1.82) is 0 Å². The van der Waals surface area contributed by atoms with E-state index in [-0.39, 0.29) is 24.8 Å². The first-order chi connectivity index (χ1) is 13.5. The lowest BCUT2D eigenvalue weighted by molar-refractivity contribution is -0.698. The monoisotopic (exact) mass is 444 g/mol. The third-order valence-corrected chi connectivity index (χ3v) is 4.56. The third-order valence-electron chi connectivity index (χ3n) is 4.56. The smallest absolute Gasteiger partial charge is 0.171 e. The highest BCUT2D eigenvalue weighted by molar-refractivity contribution is 5.25. The van der Waals surface area contributed by atoms with Gasteiger partial charge in [0.05, 0.1) is 0 Å². The summed E-state index contributed by atoms with van der Waals surface area (Å²) in [7, 11) is 0. The lowest BCUT2D eigenvalue weighted by atomic mass is 10.2. The minimum absolute atomic E-state index is 0. The first-order valence-electron chi connectivity index (χ1n) is 10.4. The normalized spacial score (nSPS) is 9.33. The van der Waals surface area contributed by atoms with E-state index in [1.807, 2.05) is 0 Å². The van der Waals surface area contributed by atoms with Gasteiger partial charge in [-0.2, -0.15) is 0 Å². The van der Waals surface area contributed by atoms with Gasteiger partial charge in [0.2, 0.25) is 0 Å². The van der Waals surface area contributed by atoms with Crippen molar-refractivity contribution in [2.75, 3.05) is 0 Å². The van der Waals surface area contributed by atoms with Gasteiger partial charge in [0, 0.05) is 47.9 Å². The summed E-state index contributed by atoms with van der Waals surface area (Å²) in [5.74, 6) is 12.4. The van der Waals surface area contributed by atoms with Crippen LogP contribution < -0.4 is 33.9 Å². The molecular weight excluding hydrogens is 411 g/mol. The summed E-state index contributed by atoms with van der Waals surface area (Å²) < 4.78 is 4.57. The largest absolute Gasteiger partial charge is 1.00 e. The second kappa shape index (κ2) is 15.8. The molecule has 4 heteroatoms. The molecule has 2 nitrogen and oxygen atoms in total. The zero-order valence-electron chi connectivity index (χ0n) is 18.8. The lowest BCUT2D eigenvalue weighted by Gasteiger charge is -1.99. The molecule has 0 bridgehead atoms. The summed E-state index contributed by atoms with van der Waals surface area (Å²) in [4.78, 5) is 0. The van der Waals surface area contributed by atoms with Crippen LogP contribution >= 0.6 is 0 Å². The number of nitrogens with zero attached hydrogens (tertiary/aromatic N) is 2. The highest BCUT2D eigenvalue weighted by atomic mass is 35.5. The average Bonchev–Trinajstić information content (AvgIpc) is 2.61. The molecule has 2 heterocycles. The molecule has 0 fully saturated rings. The van der Waals surface area contributed by atoms with Crippen LogP contribution in [0.1, 0.15) is 60.8 Å². The fraction of sp³-hybridized carbons (Fsp3) is 0.462. The predicted molar refractivity (Wildman–Crippen MR) is 115 cm³/mol. The Kier molecular flexibility index (Phi) is 14.7. The number of hydrogen-bond acceptors (Lipinski definition) is 0. The number of rotatable bonds is 8. The van der Waals surface area contributed by atoms with Crippen LogP contribution in [0.5, 0.6) is 0 Å². The molecule has 162 valence electrons. The van der Waals surface area contributed by atoms with E-state index < -0.39 is 0 Å². The van der Waals surface area contributed by atoms with Crippen LogP contribution in [0, 0.1) is 51.4 Å². The van der Waals surface area contributed by atoms with Crippen molar-refractivity contribution in [3.8, 4) is 23.7 Å². The summed E-state index contributed by atoms with van der Waals surface area (Å²) in [6, 6.07) is 4.42. The van der Waals surface area contributed by atoms with Gasteiger partial charge >= 0.3 is 0 Å². The Morgan fingerprint density at radius 2 is 0.900 bits per heavy atom. The Morgan fingerprint density at radius 3 is 1.23 bits per heavy atom. The molecule has 0 amide bonds. The summed E-state index contributed by atoms with van der Waals surface area (Å²) in [6.45, 7) is 10.7. The Bertz CT molecular complexity index is 783. The van der Waals surface area contributed by atoms with Crippen LogP contribution in [0.25, 0.3) is 0 Å². The van der Waals surface area contributed by atoms with Crippen LogP contribution in [0.15, 0.2) is 36.9 Å². The van der Waals surface area contributed by atoms with E-state index >= 15 is 0 Å². The fourth-order valence-electron chi connectivity index (χ4n) is 3.48. The number of pyridine rings is 2. The van der Waals surface area contributed by atoms with Gasteiger partial charge in [-0.3, -0.25) is 0 Å². The van der Waals surface area contributed by atoms with E-state index in [9.17, 15) is 0 Å². The predicted octanol–water partition coefficient (Wildman–Crippen LogP) is -1.45. The maximum atomic E-state index is 3.19. The van der Waals surface area contributed by atoms with Gasteiger partial charge in [-0.05, 0) is 64.5 Å². The molecule has 0 aliphatic rings. The van der Waals surface area contributed by atoms with Crippen molar-refractivity contribution in [2.45, 2.75) is 79.3 Å². The molecule has 30 heavy (non-hydrogen) atoms. The van der Waals surface area contributed by atoms with Crippen LogP contribution in [0.3, 0.4) is 0 Å². The second-order valence-electron chi connectivity index (χ2n) is 7.77. The van der Waals surface area contributed by atoms with E-state index in [1.54, 1.807) is 0 Å². The van der Waals surface area contributed by atoms with Crippen molar-refractivity contribution in [3.63, 3.8) is 0 Å². The Balaban J connectivity index is 0.00000420. The Morgan fingerprint density at radius 1 is 0.567 bits per heavy atom. The van der Waals surface area contributed by atoms with Gasteiger partial charge in [0.15, 0.2) is 24.8 Å². The van der Waals surface area contributed by atoms with Crippen LogP contribution in [0.2, 0.25) is 0 Å². The SMILES string of the molecule is Cc1cc(C)c[n+](CCCCC#CC#CCCCC[n+]2cc(C)cc(C)c2)c1.[Cl-].[Cl-]. The summed E-state index contributed by atoms with van der Waals surface area (Å²) in [6.07, 6.45) is 15.3. The molecule has 0 radical (unpaired) electrons. The molecule has 0 spiro atoms. The average molecular weight is 445 g/mol. The number of hydrogen-bond donors (Lipinski definition) is 0. The lowest BCUT2D eigenvalue weighted by Crippen LogP contribution is -3.00. The highest BCUT2D eigenvalue weighted by Gasteiger charge is 2.03. The van der Waals surface area contributed by atoms with Crippen LogP contribution in [-0.4, -0.2) is 0 Å². The van der Waals surface area contributed by atoms with Crippen molar-refractivity contribution in [1.82, 2.24) is 0 Å². The number of unbranched alkanes of at least 4 members (excludes halogenated alkanes) is 4. The van der Waals surface area contributed by atoms with E-state index in [0.717, 1.165) is 51.6 Å². The quantitative estimate of drug-likeness (QED) is 0.267. The van der Waals surface area contributed by atoms with Crippen molar-refractivity contribution < 1.29 is 33.9 Å². The van der Waals surface area contributed by atoms with Crippen molar-refractivity contribution in [2.24, 2.45) is 0 Å². The first-order valence-corrected chi connectivity index (χ1v) is 10.4. The maximum absolute atomic E-state index is 3.19. The molecule has 0 saturated heterocycles. The van der Waals surface area contributed by atoms with Gasteiger partial charge in [-0.25, -0.2) is 9.13 Å². The molecule has 2 rings (SSSR count). The van der Waals surface area contributed by atoms with Crippen LogP contribution in [-0.2, 0) is 13.1 Å². The van der Waals surface area contributed by atoms with Gasteiger partial charge in [0.25, 0.3) is 0 Å². The molecule has 2 aromatic rings. The third kappa shape index (κ3) is 11.9. The number of halogens is 2. The Labute approximate surface area is 195 Å². The van der Waals surface area contributed by atoms with Gasteiger partial charge in [-0.15, -0.1) is 0 Å². The molecular formula is C26H34Cl2N2. The minimum Gasteiger partial charge on any atom is -1.00 e.